The third kappa shape index (κ3) is 5.58. The van der Waals surface area contributed by atoms with Gasteiger partial charge in [-0.25, -0.2) is 13.1 Å². The Bertz CT molecular complexity index is 704. The Labute approximate surface area is 146 Å². The highest BCUT2D eigenvalue weighted by molar-refractivity contribution is 7.89. The van der Waals surface area contributed by atoms with Crippen LogP contribution in [-0.4, -0.2) is 55.7 Å². The molecule has 0 saturated carbocycles. The molecule has 140 valence electrons. The smallest absolute Gasteiger partial charge is 0.322 e. The molecular weight excluding hydrogens is 350 g/mol. The van der Waals surface area contributed by atoms with Gasteiger partial charge in [-0.2, -0.15) is 0 Å². The molecule has 1 aromatic carbocycles. The fourth-order valence-electron chi connectivity index (χ4n) is 2.40. The standard InChI is InChI=1S/C16H23NO7S/c1-2-3-6-25(21,22)17-13(16(19)20)7-11-4-5-14-15(8-11)24-12(9-18)10-23-14/h4-5,8,12-13,17-18H,2-3,6-7,9-10H2,1H3,(H,19,20)/t12?,13-/m0/s1. The van der Waals surface area contributed by atoms with E-state index in [-0.39, 0.29) is 25.4 Å². The van der Waals surface area contributed by atoms with E-state index in [0.29, 0.717) is 29.9 Å². The van der Waals surface area contributed by atoms with Crippen molar-refractivity contribution in [1.29, 1.82) is 0 Å². The Hall–Kier alpha value is -1.84. The fraction of sp³-hybridized carbons (Fsp3) is 0.562. The zero-order chi connectivity index (χ0) is 18.4. The molecule has 1 aliphatic rings. The Morgan fingerprint density at radius 2 is 2.16 bits per heavy atom. The molecule has 1 unspecified atom stereocenters. The Morgan fingerprint density at radius 1 is 1.40 bits per heavy atom. The molecule has 0 fully saturated rings. The maximum Gasteiger partial charge on any atom is 0.322 e. The first-order chi connectivity index (χ1) is 11.8. The predicted octanol–water partition coefficient (Wildman–Crippen LogP) is 0.534. The van der Waals surface area contributed by atoms with E-state index >= 15 is 0 Å². The topological polar surface area (TPSA) is 122 Å². The fourth-order valence-corrected chi connectivity index (χ4v) is 3.81. The molecule has 0 spiro atoms. The van der Waals surface area contributed by atoms with Gasteiger partial charge in [0.2, 0.25) is 10.0 Å². The van der Waals surface area contributed by atoms with Gasteiger partial charge in [-0.1, -0.05) is 19.4 Å². The number of carboxylic acids is 1. The van der Waals surface area contributed by atoms with Gasteiger partial charge in [-0.3, -0.25) is 4.79 Å². The number of hydrogen-bond donors (Lipinski definition) is 3. The van der Waals surface area contributed by atoms with Crippen molar-refractivity contribution >= 4 is 16.0 Å². The summed E-state index contributed by atoms with van der Waals surface area (Å²) in [5.74, 6) is -0.445. The number of aliphatic carboxylic acids is 1. The highest BCUT2D eigenvalue weighted by Gasteiger charge is 2.26. The number of carboxylic acid groups (broad SMARTS) is 1. The van der Waals surface area contributed by atoms with Crippen molar-refractivity contribution in [3.63, 3.8) is 0 Å². The molecule has 0 bridgehead atoms. The molecule has 2 rings (SSSR count). The highest BCUT2D eigenvalue weighted by Crippen LogP contribution is 2.32. The number of hydrogen-bond acceptors (Lipinski definition) is 6. The molecule has 25 heavy (non-hydrogen) atoms. The van der Waals surface area contributed by atoms with Gasteiger partial charge in [0.1, 0.15) is 12.6 Å². The molecule has 8 nitrogen and oxygen atoms in total. The minimum atomic E-state index is -3.66. The van der Waals surface area contributed by atoms with E-state index in [1.54, 1.807) is 18.2 Å². The number of benzene rings is 1. The summed E-state index contributed by atoms with van der Waals surface area (Å²) < 4.78 is 37.2. The number of unbranched alkanes of at least 4 members (excludes halogenated alkanes) is 1. The maximum atomic E-state index is 12.0. The van der Waals surface area contributed by atoms with E-state index in [9.17, 15) is 18.3 Å². The number of ether oxygens (including phenoxy) is 2. The SMILES string of the molecule is CCCCS(=O)(=O)N[C@@H](Cc1ccc2c(c1)OC(CO)CO2)C(=O)O. The van der Waals surface area contributed by atoms with E-state index < -0.39 is 28.1 Å². The van der Waals surface area contributed by atoms with Gasteiger partial charge in [-0.15, -0.1) is 0 Å². The predicted molar refractivity (Wildman–Crippen MR) is 90.4 cm³/mol. The van der Waals surface area contributed by atoms with Crippen LogP contribution in [0.1, 0.15) is 25.3 Å². The lowest BCUT2D eigenvalue weighted by molar-refractivity contribution is -0.138. The van der Waals surface area contributed by atoms with Crippen LogP contribution in [0.15, 0.2) is 18.2 Å². The zero-order valence-corrected chi connectivity index (χ0v) is 14.8. The minimum Gasteiger partial charge on any atom is -0.486 e. The molecule has 0 saturated heterocycles. The molecule has 0 radical (unpaired) electrons. The summed E-state index contributed by atoms with van der Waals surface area (Å²) in [6, 6.07) is 3.64. The molecule has 0 amide bonds. The summed E-state index contributed by atoms with van der Waals surface area (Å²) in [6.07, 6.45) is 0.660. The third-order valence-electron chi connectivity index (χ3n) is 3.76. The quantitative estimate of drug-likeness (QED) is 0.577. The second kappa shape index (κ2) is 8.50. The van der Waals surface area contributed by atoms with E-state index in [0.717, 1.165) is 0 Å². The number of aliphatic hydroxyl groups is 1. The zero-order valence-electron chi connectivity index (χ0n) is 14.0. The first-order valence-corrected chi connectivity index (χ1v) is 9.76. The van der Waals surface area contributed by atoms with Gasteiger partial charge >= 0.3 is 5.97 Å². The molecule has 0 aromatic heterocycles. The Morgan fingerprint density at radius 3 is 2.80 bits per heavy atom. The average Bonchev–Trinajstić information content (AvgIpc) is 2.58. The van der Waals surface area contributed by atoms with Gasteiger partial charge in [0, 0.05) is 0 Å². The second-order valence-corrected chi connectivity index (χ2v) is 7.77. The van der Waals surface area contributed by atoms with Crippen molar-refractivity contribution in [3.05, 3.63) is 23.8 Å². The maximum absolute atomic E-state index is 12.0. The monoisotopic (exact) mass is 373 g/mol. The third-order valence-corrected chi connectivity index (χ3v) is 5.23. The van der Waals surface area contributed by atoms with Crippen molar-refractivity contribution < 1.29 is 32.9 Å². The molecule has 1 aliphatic heterocycles. The van der Waals surface area contributed by atoms with E-state index in [1.807, 2.05) is 6.92 Å². The first-order valence-electron chi connectivity index (χ1n) is 8.10. The van der Waals surface area contributed by atoms with Gasteiger partial charge in [-0.05, 0) is 30.5 Å². The number of aliphatic hydroxyl groups excluding tert-OH is 1. The van der Waals surface area contributed by atoms with Crippen molar-refractivity contribution in [1.82, 2.24) is 4.72 Å². The molecule has 2 atom stereocenters. The largest absolute Gasteiger partial charge is 0.486 e. The summed E-state index contributed by atoms with van der Waals surface area (Å²) in [6.45, 7) is 1.90. The number of rotatable bonds is 9. The highest BCUT2D eigenvalue weighted by atomic mass is 32.2. The summed E-state index contributed by atoms with van der Waals surface area (Å²) >= 11 is 0. The van der Waals surface area contributed by atoms with Gasteiger partial charge < -0.3 is 19.7 Å². The van der Waals surface area contributed by atoms with E-state index in [2.05, 4.69) is 4.72 Å². The summed E-state index contributed by atoms with van der Waals surface area (Å²) in [5, 5.41) is 18.5. The molecule has 9 heteroatoms. The second-order valence-electron chi connectivity index (χ2n) is 5.90. The van der Waals surface area contributed by atoms with Crippen LogP contribution in [0, 0.1) is 0 Å². The lowest BCUT2D eigenvalue weighted by atomic mass is 10.1. The lowest BCUT2D eigenvalue weighted by Crippen LogP contribution is -2.43. The summed E-state index contributed by atoms with van der Waals surface area (Å²) in [7, 11) is -3.66. The number of carbonyl (C=O) groups is 1. The molecule has 3 N–H and O–H groups in total. The van der Waals surface area contributed by atoms with Crippen LogP contribution >= 0.6 is 0 Å². The van der Waals surface area contributed by atoms with E-state index in [4.69, 9.17) is 14.6 Å². The Balaban J connectivity index is 2.11. The van der Waals surface area contributed by atoms with Crippen molar-refractivity contribution in [2.75, 3.05) is 19.0 Å². The van der Waals surface area contributed by atoms with Crippen molar-refractivity contribution in [2.24, 2.45) is 0 Å². The van der Waals surface area contributed by atoms with Crippen LogP contribution in [0.4, 0.5) is 0 Å². The van der Waals surface area contributed by atoms with Crippen LogP contribution in [0.2, 0.25) is 0 Å². The van der Waals surface area contributed by atoms with Gasteiger partial charge in [0.15, 0.2) is 17.6 Å². The Kier molecular flexibility index (Phi) is 6.63. The minimum absolute atomic E-state index is 0.0267. The molecule has 0 aliphatic carbocycles. The van der Waals surface area contributed by atoms with Crippen LogP contribution in [0.3, 0.4) is 0 Å². The summed E-state index contributed by atoms with van der Waals surface area (Å²) in [5.41, 5.74) is 0.589. The number of fused-ring (bicyclic) bond motifs is 1. The first kappa shape index (κ1) is 19.5. The van der Waals surface area contributed by atoms with Crippen LogP contribution in [0.5, 0.6) is 11.5 Å². The van der Waals surface area contributed by atoms with Gasteiger partial charge in [0.25, 0.3) is 0 Å². The van der Waals surface area contributed by atoms with Crippen LogP contribution in [-0.2, 0) is 21.2 Å². The number of nitrogens with one attached hydrogen (secondary N) is 1. The average molecular weight is 373 g/mol. The summed E-state index contributed by atoms with van der Waals surface area (Å²) in [4.78, 5) is 11.4. The van der Waals surface area contributed by atoms with E-state index in [1.165, 1.54) is 0 Å². The normalized spacial score (nSPS) is 17.9. The van der Waals surface area contributed by atoms with Gasteiger partial charge in [0.05, 0.1) is 12.4 Å². The van der Waals surface area contributed by atoms with Crippen LogP contribution < -0.4 is 14.2 Å². The van der Waals surface area contributed by atoms with Crippen LogP contribution in [0.25, 0.3) is 0 Å². The molecule has 1 aromatic rings. The molecule has 1 heterocycles. The lowest BCUT2D eigenvalue weighted by Gasteiger charge is -2.25. The van der Waals surface area contributed by atoms with Crippen molar-refractivity contribution in [2.45, 2.75) is 38.3 Å². The van der Waals surface area contributed by atoms with Crippen molar-refractivity contribution in [3.8, 4) is 11.5 Å². The number of sulfonamides is 1. The molecular formula is C16H23NO7S.